The van der Waals surface area contributed by atoms with Crippen molar-refractivity contribution in [2.75, 3.05) is 19.6 Å². The normalized spacial score (nSPS) is 28.2. The van der Waals surface area contributed by atoms with Crippen molar-refractivity contribution in [2.24, 2.45) is 11.8 Å². The van der Waals surface area contributed by atoms with E-state index in [1.165, 1.54) is 19.3 Å². The lowest BCUT2D eigenvalue weighted by molar-refractivity contribution is -0.138. The van der Waals surface area contributed by atoms with E-state index >= 15 is 0 Å². The first-order chi connectivity index (χ1) is 7.72. The molecule has 0 aromatic rings. The molecule has 2 fully saturated rings. The quantitative estimate of drug-likeness (QED) is 0.770. The molecule has 2 aliphatic rings. The number of rotatable bonds is 5. The molecule has 1 heterocycles. The lowest BCUT2D eigenvalue weighted by Crippen LogP contribution is -2.48. The monoisotopic (exact) mass is 224 g/mol. The van der Waals surface area contributed by atoms with Crippen molar-refractivity contribution in [1.29, 1.82) is 0 Å². The molecule has 1 aliphatic carbocycles. The molecule has 0 bridgehead atoms. The number of hydrogen-bond donors (Lipinski definition) is 1. The standard InChI is InChI=1S/C13H24N2O/c1-3-14-12(11-6-7-11)9-15-8-4-5-10(2)13(15)16/h10-12,14H,3-9H2,1-2H3. The molecule has 16 heavy (non-hydrogen) atoms. The van der Waals surface area contributed by atoms with Gasteiger partial charge in [0.1, 0.15) is 0 Å². The summed E-state index contributed by atoms with van der Waals surface area (Å²) < 4.78 is 0. The molecule has 3 heteroatoms. The number of likely N-dealkylation sites (tertiary alicyclic amines) is 1. The summed E-state index contributed by atoms with van der Waals surface area (Å²) in [6.45, 7) is 7.13. The van der Waals surface area contributed by atoms with Gasteiger partial charge >= 0.3 is 0 Å². The number of amides is 1. The van der Waals surface area contributed by atoms with E-state index in [4.69, 9.17) is 0 Å². The molecule has 2 rings (SSSR count). The Kier molecular flexibility index (Phi) is 3.85. The second-order valence-corrected chi connectivity index (χ2v) is 5.33. The van der Waals surface area contributed by atoms with Crippen LogP contribution < -0.4 is 5.32 Å². The number of carbonyl (C=O) groups is 1. The van der Waals surface area contributed by atoms with Crippen LogP contribution in [0.15, 0.2) is 0 Å². The number of nitrogens with zero attached hydrogens (tertiary/aromatic N) is 1. The first-order valence-electron chi connectivity index (χ1n) is 6.74. The van der Waals surface area contributed by atoms with Gasteiger partial charge in [-0.15, -0.1) is 0 Å². The van der Waals surface area contributed by atoms with Crippen LogP contribution in [0.5, 0.6) is 0 Å². The predicted molar refractivity (Wildman–Crippen MR) is 65.2 cm³/mol. The van der Waals surface area contributed by atoms with E-state index in [0.29, 0.717) is 11.9 Å². The Morgan fingerprint density at radius 2 is 2.19 bits per heavy atom. The molecule has 1 aliphatic heterocycles. The SMILES string of the molecule is CCNC(CN1CCCC(C)C1=O)C1CC1. The van der Waals surface area contributed by atoms with Crippen LogP contribution in [0, 0.1) is 11.8 Å². The van der Waals surface area contributed by atoms with Gasteiger partial charge in [-0.2, -0.15) is 0 Å². The van der Waals surface area contributed by atoms with Crippen LogP contribution in [0.3, 0.4) is 0 Å². The molecule has 1 saturated heterocycles. The molecule has 0 spiro atoms. The number of hydrogen-bond acceptors (Lipinski definition) is 2. The molecule has 0 radical (unpaired) electrons. The van der Waals surface area contributed by atoms with Crippen LogP contribution in [-0.4, -0.2) is 36.5 Å². The van der Waals surface area contributed by atoms with Gasteiger partial charge in [-0.3, -0.25) is 4.79 Å². The van der Waals surface area contributed by atoms with Gasteiger partial charge in [0.2, 0.25) is 5.91 Å². The van der Waals surface area contributed by atoms with Gasteiger partial charge in [0.25, 0.3) is 0 Å². The van der Waals surface area contributed by atoms with Crippen molar-refractivity contribution in [3.05, 3.63) is 0 Å². The maximum absolute atomic E-state index is 12.0. The molecule has 1 amide bonds. The summed E-state index contributed by atoms with van der Waals surface area (Å²) in [7, 11) is 0. The van der Waals surface area contributed by atoms with E-state index < -0.39 is 0 Å². The lowest BCUT2D eigenvalue weighted by atomic mass is 9.98. The second kappa shape index (κ2) is 5.17. The number of carbonyl (C=O) groups excluding carboxylic acids is 1. The molecule has 2 unspecified atom stereocenters. The third kappa shape index (κ3) is 2.76. The van der Waals surface area contributed by atoms with Gasteiger partial charge in [0.05, 0.1) is 0 Å². The van der Waals surface area contributed by atoms with E-state index in [9.17, 15) is 4.79 Å². The van der Waals surface area contributed by atoms with Crippen molar-refractivity contribution in [2.45, 2.75) is 45.6 Å². The first kappa shape index (κ1) is 11.9. The minimum absolute atomic E-state index is 0.246. The second-order valence-electron chi connectivity index (χ2n) is 5.33. The minimum atomic E-state index is 0.246. The van der Waals surface area contributed by atoms with Gasteiger partial charge in [-0.25, -0.2) is 0 Å². The Balaban J connectivity index is 1.88. The minimum Gasteiger partial charge on any atom is -0.341 e. The van der Waals surface area contributed by atoms with Crippen LogP contribution in [0.1, 0.15) is 39.5 Å². The number of nitrogens with one attached hydrogen (secondary N) is 1. The summed E-state index contributed by atoms with van der Waals surface area (Å²) in [5.41, 5.74) is 0. The van der Waals surface area contributed by atoms with Crippen molar-refractivity contribution in [1.82, 2.24) is 10.2 Å². The van der Waals surface area contributed by atoms with Crippen LogP contribution >= 0.6 is 0 Å². The highest BCUT2D eigenvalue weighted by Gasteiger charge is 2.34. The zero-order chi connectivity index (χ0) is 11.5. The highest BCUT2D eigenvalue weighted by molar-refractivity contribution is 5.79. The third-order valence-corrected chi connectivity index (χ3v) is 3.87. The Bertz CT molecular complexity index is 250. The fraction of sp³-hybridized carbons (Fsp3) is 0.923. The zero-order valence-corrected chi connectivity index (χ0v) is 10.5. The molecular formula is C13H24N2O. The third-order valence-electron chi connectivity index (χ3n) is 3.87. The predicted octanol–water partition coefficient (Wildman–Crippen LogP) is 1.63. The average Bonchev–Trinajstić information content (AvgIpc) is 3.07. The Hall–Kier alpha value is -0.570. The summed E-state index contributed by atoms with van der Waals surface area (Å²) in [4.78, 5) is 14.1. The van der Waals surface area contributed by atoms with E-state index in [1.54, 1.807) is 0 Å². The molecule has 92 valence electrons. The summed E-state index contributed by atoms with van der Waals surface area (Å²) in [6, 6.07) is 0.541. The molecular weight excluding hydrogens is 200 g/mol. The van der Waals surface area contributed by atoms with E-state index in [2.05, 4.69) is 24.1 Å². The first-order valence-corrected chi connectivity index (χ1v) is 6.74. The number of likely N-dealkylation sites (N-methyl/N-ethyl adjacent to an activating group) is 1. The fourth-order valence-corrected chi connectivity index (χ4v) is 2.69. The largest absolute Gasteiger partial charge is 0.341 e. The zero-order valence-electron chi connectivity index (χ0n) is 10.5. The summed E-state index contributed by atoms with van der Waals surface area (Å²) in [6.07, 6.45) is 4.94. The Morgan fingerprint density at radius 1 is 1.44 bits per heavy atom. The van der Waals surface area contributed by atoms with Crippen molar-refractivity contribution >= 4 is 5.91 Å². The maximum Gasteiger partial charge on any atom is 0.225 e. The van der Waals surface area contributed by atoms with E-state index in [-0.39, 0.29) is 5.92 Å². The smallest absolute Gasteiger partial charge is 0.225 e. The topological polar surface area (TPSA) is 32.3 Å². The summed E-state index contributed by atoms with van der Waals surface area (Å²) >= 11 is 0. The van der Waals surface area contributed by atoms with Gasteiger partial charge in [-0.05, 0) is 38.1 Å². The Labute approximate surface area is 98.6 Å². The molecule has 3 nitrogen and oxygen atoms in total. The summed E-state index contributed by atoms with van der Waals surface area (Å²) in [5, 5.41) is 3.53. The van der Waals surface area contributed by atoms with Crippen molar-refractivity contribution < 1.29 is 4.79 Å². The van der Waals surface area contributed by atoms with Crippen LogP contribution in [-0.2, 0) is 4.79 Å². The van der Waals surface area contributed by atoms with Crippen LogP contribution in [0.2, 0.25) is 0 Å². The van der Waals surface area contributed by atoms with Crippen LogP contribution in [0.25, 0.3) is 0 Å². The maximum atomic E-state index is 12.0. The Morgan fingerprint density at radius 3 is 2.81 bits per heavy atom. The summed E-state index contributed by atoms with van der Waals surface area (Å²) in [5.74, 6) is 1.44. The number of piperidine rings is 1. The highest BCUT2D eigenvalue weighted by atomic mass is 16.2. The van der Waals surface area contributed by atoms with Crippen LogP contribution in [0.4, 0.5) is 0 Å². The fourth-order valence-electron chi connectivity index (χ4n) is 2.69. The lowest BCUT2D eigenvalue weighted by Gasteiger charge is -2.34. The van der Waals surface area contributed by atoms with Gasteiger partial charge in [0.15, 0.2) is 0 Å². The molecule has 2 atom stereocenters. The van der Waals surface area contributed by atoms with Gasteiger partial charge < -0.3 is 10.2 Å². The molecule has 0 aromatic carbocycles. The van der Waals surface area contributed by atoms with Gasteiger partial charge in [0, 0.05) is 25.0 Å². The van der Waals surface area contributed by atoms with E-state index in [0.717, 1.165) is 32.0 Å². The van der Waals surface area contributed by atoms with E-state index in [1.807, 2.05) is 0 Å². The highest BCUT2D eigenvalue weighted by Crippen LogP contribution is 2.33. The molecule has 1 N–H and O–H groups in total. The van der Waals surface area contributed by atoms with Gasteiger partial charge in [-0.1, -0.05) is 13.8 Å². The molecule has 0 aromatic heterocycles. The average molecular weight is 224 g/mol. The van der Waals surface area contributed by atoms with Crippen molar-refractivity contribution in [3.8, 4) is 0 Å². The molecule has 1 saturated carbocycles. The van der Waals surface area contributed by atoms with Crippen molar-refractivity contribution in [3.63, 3.8) is 0 Å².